The zero-order valence-corrected chi connectivity index (χ0v) is 12.3. The van der Waals surface area contributed by atoms with E-state index >= 15 is 0 Å². The van der Waals surface area contributed by atoms with Crippen molar-refractivity contribution in [1.29, 1.82) is 0 Å². The van der Waals surface area contributed by atoms with Crippen LogP contribution in [0.5, 0.6) is 0 Å². The lowest BCUT2D eigenvalue weighted by atomic mass is 10.1. The Balaban J connectivity index is 1.97. The van der Waals surface area contributed by atoms with Crippen LogP contribution in [0.4, 0.5) is 5.69 Å². The minimum Gasteiger partial charge on any atom is -0.456 e. The summed E-state index contributed by atoms with van der Waals surface area (Å²) in [6.45, 7) is 0. The summed E-state index contributed by atoms with van der Waals surface area (Å²) in [5, 5.41) is 3.20. The summed E-state index contributed by atoms with van der Waals surface area (Å²) in [6, 6.07) is 15.6. The number of hydrogen-bond donors (Lipinski definition) is 1. The van der Waals surface area contributed by atoms with Crippen molar-refractivity contribution in [3.63, 3.8) is 0 Å². The first kappa shape index (κ1) is 14.4. The number of carbonyl (C=O) groups is 1. The van der Waals surface area contributed by atoms with Gasteiger partial charge in [-0.3, -0.25) is 9.59 Å². The van der Waals surface area contributed by atoms with E-state index in [1.807, 2.05) is 6.07 Å². The van der Waals surface area contributed by atoms with E-state index in [0.717, 1.165) is 5.56 Å². The topological polar surface area (TPSA) is 59.3 Å². The first-order chi connectivity index (χ1) is 10.7. The van der Waals surface area contributed by atoms with Gasteiger partial charge in [-0.15, -0.1) is 11.6 Å². The molecule has 0 aliphatic carbocycles. The van der Waals surface area contributed by atoms with Crippen molar-refractivity contribution >= 4 is 34.2 Å². The highest BCUT2D eigenvalue weighted by molar-refractivity contribution is 6.29. The number of anilines is 1. The predicted molar refractivity (Wildman–Crippen MR) is 87.3 cm³/mol. The smallest absolute Gasteiger partial charge is 0.239 e. The van der Waals surface area contributed by atoms with Crippen molar-refractivity contribution in [3.05, 3.63) is 64.8 Å². The van der Waals surface area contributed by atoms with Crippen LogP contribution < -0.4 is 10.7 Å². The number of rotatable bonds is 3. The lowest BCUT2D eigenvalue weighted by molar-refractivity contribution is -0.113. The molecule has 1 heterocycles. The molecule has 3 rings (SSSR count). The van der Waals surface area contributed by atoms with Crippen LogP contribution in [0.2, 0.25) is 0 Å². The number of amides is 1. The van der Waals surface area contributed by atoms with E-state index in [1.54, 1.807) is 42.5 Å². The van der Waals surface area contributed by atoms with Crippen molar-refractivity contribution < 1.29 is 9.21 Å². The summed E-state index contributed by atoms with van der Waals surface area (Å²) in [4.78, 5) is 23.3. The summed E-state index contributed by atoms with van der Waals surface area (Å²) >= 11 is 5.44. The molecule has 1 amide bonds. The van der Waals surface area contributed by atoms with Crippen LogP contribution in [0.3, 0.4) is 0 Å². The van der Waals surface area contributed by atoms with Gasteiger partial charge in [-0.25, -0.2) is 0 Å². The van der Waals surface area contributed by atoms with Gasteiger partial charge in [-0.2, -0.15) is 0 Å². The SMILES string of the molecule is O=C(CCl)Nc1ccc(-c2cc(=O)c3ccccc3o2)cc1. The molecular formula is C17H12ClNO3. The standard InChI is InChI=1S/C17H12ClNO3/c18-10-17(21)19-12-7-5-11(6-8-12)16-9-14(20)13-3-1-2-4-15(13)22-16/h1-9H,10H2,(H,19,21). The highest BCUT2D eigenvalue weighted by Crippen LogP contribution is 2.23. The maximum Gasteiger partial charge on any atom is 0.239 e. The molecule has 0 spiro atoms. The van der Waals surface area contributed by atoms with Gasteiger partial charge < -0.3 is 9.73 Å². The Morgan fingerprint density at radius 1 is 1.09 bits per heavy atom. The molecule has 3 aromatic rings. The molecule has 0 fully saturated rings. The molecule has 2 aromatic carbocycles. The molecule has 0 atom stereocenters. The van der Waals surface area contributed by atoms with Crippen LogP contribution in [0, 0.1) is 0 Å². The van der Waals surface area contributed by atoms with Gasteiger partial charge in [0.15, 0.2) is 5.43 Å². The molecule has 0 bridgehead atoms. The molecule has 0 saturated heterocycles. The average molecular weight is 314 g/mol. The van der Waals surface area contributed by atoms with Crippen molar-refractivity contribution in [1.82, 2.24) is 0 Å². The highest BCUT2D eigenvalue weighted by atomic mass is 35.5. The third-order valence-electron chi connectivity index (χ3n) is 3.21. The van der Waals surface area contributed by atoms with E-state index in [0.29, 0.717) is 22.4 Å². The minimum absolute atomic E-state index is 0.0867. The van der Waals surface area contributed by atoms with E-state index in [1.165, 1.54) is 6.07 Å². The monoisotopic (exact) mass is 313 g/mol. The van der Waals surface area contributed by atoms with Gasteiger partial charge in [-0.05, 0) is 36.4 Å². The van der Waals surface area contributed by atoms with Crippen LogP contribution in [-0.4, -0.2) is 11.8 Å². The zero-order chi connectivity index (χ0) is 15.5. The molecule has 0 saturated carbocycles. The second-order valence-corrected chi connectivity index (χ2v) is 5.00. The Morgan fingerprint density at radius 3 is 2.55 bits per heavy atom. The molecule has 1 aromatic heterocycles. The van der Waals surface area contributed by atoms with Gasteiger partial charge in [-0.1, -0.05) is 12.1 Å². The molecule has 22 heavy (non-hydrogen) atoms. The molecule has 0 aliphatic heterocycles. The van der Waals surface area contributed by atoms with Gasteiger partial charge in [0.05, 0.1) is 5.39 Å². The van der Waals surface area contributed by atoms with Gasteiger partial charge in [0, 0.05) is 17.3 Å². The molecule has 0 aliphatic rings. The number of halogens is 1. The van der Waals surface area contributed by atoms with Gasteiger partial charge in [0.2, 0.25) is 5.91 Å². The van der Waals surface area contributed by atoms with Crippen molar-refractivity contribution in [2.45, 2.75) is 0 Å². The van der Waals surface area contributed by atoms with E-state index in [2.05, 4.69) is 5.32 Å². The molecule has 110 valence electrons. The second kappa shape index (κ2) is 6.03. The Hall–Kier alpha value is -2.59. The van der Waals surface area contributed by atoms with Gasteiger partial charge in [0.25, 0.3) is 0 Å². The van der Waals surface area contributed by atoms with E-state index < -0.39 is 0 Å². The molecule has 0 radical (unpaired) electrons. The predicted octanol–water partition coefficient (Wildman–Crippen LogP) is 3.64. The van der Waals surface area contributed by atoms with Crippen LogP contribution >= 0.6 is 11.6 Å². The largest absolute Gasteiger partial charge is 0.456 e. The van der Waals surface area contributed by atoms with E-state index in [4.69, 9.17) is 16.0 Å². The molecular weight excluding hydrogens is 302 g/mol. The summed E-state index contributed by atoms with van der Waals surface area (Å²) in [5.74, 6) is 0.118. The van der Waals surface area contributed by atoms with Crippen molar-refractivity contribution in [2.24, 2.45) is 0 Å². The fourth-order valence-electron chi connectivity index (χ4n) is 2.16. The summed E-state index contributed by atoms with van der Waals surface area (Å²) < 4.78 is 5.76. The second-order valence-electron chi connectivity index (χ2n) is 4.73. The van der Waals surface area contributed by atoms with E-state index in [9.17, 15) is 9.59 Å². The molecule has 0 unspecified atom stereocenters. The number of alkyl halides is 1. The minimum atomic E-state index is -0.272. The average Bonchev–Trinajstić information content (AvgIpc) is 2.55. The van der Waals surface area contributed by atoms with Crippen LogP contribution in [0.25, 0.3) is 22.3 Å². The Labute approximate surface area is 131 Å². The Bertz CT molecular complexity index is 884. The van der Waals surface area contributed by atoms with Gasteiger partial charge >= 0.3 is 0 Å². The van der Waals surface area contributed by atoms with Crippen molar-refractivity contribution in [3.8, 4) is 11.3 Å². The maximum absolute atomic E-state index is 12.1. The van der Waals surface area contributed by atoms with E-state index in [-0.39, 0.29) is 17.2 Å². The fourth-order valence-corrected chi connectivity index (χ4v) is 2.23. The first-order valence-electron chi connectivity index (χ1n) is 6.66. The maximum atomic E-state index is 12.1. The number of carbonyl (C=O) groups excluding carboxylic acids is 1. The van der Waals surface area contributed by atoms with Crippen LogP contribution in [-0.2, 0) is 4.79 Å². The van der Waals surface area contributed by atoms with Crippen LogP contribution in [0.1, 0.15) is 0 Å². The first-order valence-corrected chi connectivity index (χ1v) is 7.20. The fraction of sp³-hybridized carbons (Fsp3) is 0.0588. The lowest BCUT2D eigenvalue weighted by Crippen LogP contribution is -2.12. The zero-order valence-electron chi connectivity index (χ0n) is 11.5. The Kier molecular flexibility index (Phi) is 3.94. The Morgan fingerprint density at radius 2 is 1.82 bits per heavy atom. The third kappa shape index (κ3) is 2.87. The molecule has 5 heteroatoms. The van der Waals surface area contributed by atoms with Crippen LogP contribution in [0.15, 0.2) is 63.8 Å². The number of para-hydroxylation sites is 1. The van der Waals surface area contributed by atoms with Crippen molar-refractivity contribution in [2.75, 3.05) is 11.2 Å². The summed E-state index contributed by atoms with van der Waals surface area (Å²) in [5.41, 5.74) is 1.85. The third-order valence-corrected chi connectivity index (χ3v) is 3.45. The number of nitrogens with one attached hydrogen (secondary N) is 1. The lowest BCUT2D eigenvalue weighted by Gasteiger charge is -2.06. The summed E-state index contributed by atoms with van der Waals surface area (Å²) in [6.07, 6.45) is 0. The molecule has 4 nitrogen and oxygen atoms in total. The molecule has 1 N–H and O–H groups in total. The summed E-state index contributed by atoms with van der Waals surface area (Å²) in [7, 11) is 0. The highest BCUT2D eigenvalue weighted by Gasteiger charge is 2.07. The number of fused-ring (bicyclic) bond motifs is 1. The number of benzene rings is 2. The number of hydrogen-bond acceptors (Lipinski definition) is 3. The normalized spacial score (nSPS) is 10.6. The quantitative estimate of drug-likeness (QED) is 0.751. The van der Waals surface area contributed by atoms with Gasteiger partial charge in [0.1, 0.15) is 17.2 Å².